The summed E-state index contributed by atoms with van der Waals surface area (Å²) < 4.78 is 27.1. The van der Waals surface area contributed by atoms with Gasteiger partial charge in [0, 0.05) is 23.7 Å². The number of nitrogens with zero attached hydrogens (tertiary/aromatic N) is 2. The molecule has 0 atom stereocenters. The third-order valence-corrected chi connectivity index (χ3v) is 8.34. The van der Waals surface area contributed by atoms with E-state index in [9.17, 15) is 18.0 Å². The smallest absolute Gasteiger partial charge is 0.435 e. The summed E-state index contributed by atoms with van der Waals surface area (Å²) in [5.41, 5.74) is 9.31. The molecule has 2 amide bonds. The average Bonchev–Trinajstić information content (AvgIpc) is 3.49. The maximum Gasteiger partial charge on any atom is 0.435 e. The van der Waals surface area contributed by atoms with Gasteiger partial charge >= 0.3 is 6.09 Å². The zero-order chi connectivity index (χ0) is 31.2. The molecule has 3 aromatic rings. The number of hydrogen-bond acceptors (Lipinski definition) is 5. The van der Waals surface area contributed by atoms with Crippen LogP contribution in [0.1, 0.15) is 42.4 Å². The van der Waals surface area contributed by atoms with Gasteiger partial charge in [0.05, 0.1) is 11.3 Å². The summed E-state index contributed by atoms with van der Waals surface area (Å²) in [4.78, 5) is 31.3. The number of amides is 2. The van der Waals surface area contributed by atoms with Crippen molar-refractivity contribution in [2.75, 3.05) is 6.61 Å². The van der Waals surface area contributed by atoms with Gasteiger partial charge in [-0.25, -0.2) is 18.4 Å². The molecule has 0 unspecified atom stereocenters. The van der Waals surface area contributed by atoms with Crippen LogP contribution in [0.25, 0.3) is 11.1 Å². The number of alkyl halides is 3. The van der Waals surface area contributed by atoms with Gasteiger partial charge in [-0.15, -0.1) is 0 Å². The van der Waals surface area contributed by atoms with E-state index in [2.05, 4.69) is 4.99 Å². The van der Waals surface area contributed by atoms with E-state index in [4.69, 9.17) is 50.4 Å². The van der Waals surface area contributed by atoms with Gasteiger partial charge in [-0.05, 0) is 41.7 Å². The van der Waals surface area contributed by atoms with Crippen LogP contribution < -0.4 is 10.9 Å². The van der Waals surface area contributed by atoms with E-state index in [-0.39, 0.29) is 29.1 Å². The van der Waals surface area contributed by atoms with Gasteiger partial charge in [-0.3, -0.25) is 4.79 Å². The van der Waals surface area contributed by atoms with E-state index >= 15 is 0 Å². The largest absolute Gasteiger partial charge is 0.443 e. The molecule has 0 radical (unpaired) electrons. The van der Waals surface area contributed by atoms with Crippen molar-refractivity contribution < 1.29 is 22.7 Å². The lowest BCUT2D eigenvalue weighted by Gasteiger charge is -2.29. The number of ether oxygens (including phenoxy) is 1. The molecule has 0 aromatic heterocycles. The summed E-state index contributed by atoms with van der Waals surface area (Å²) in [7, 11) is -3.90. The lowest BCUT2D eigenvalue weighted by Crippen LogP contribution is -2.39. The summed E-state index contributed by atoms with van der Waals surface area (Å²) in [6.07, 6.45) is 3.09. The number of hydrogen-bond donors (Lipinski definition) is 2. The fraction of sp³-hybridized carbons (Fsp3) is 0.300. The molecule has 1 saturated carbocycles. The molecule has 3 aromatic carbocycles. The Bertz CT molecular complexity index is 1600. The van der Waals surface area contributed by atoms with E-state index < -0.39 is 26.5 Å². The molecular weight excluding hydrogens is 635 g/mol. The first-order valence-corrected chi connectivity index (χ1v) is 16.2. The van der Waals surface area contributed by atoms with Gasteiger partial charge in [0.15, 0.2) is 0 Å². The van der Waals surface area contributed by atoms with Crippen LogP contribution in [-0.4, -0.2) is 47.6 Å². The Labute approximate surface area is 265 Å². The predicted octanol–water partition coefficient (Wildman–Crippen LogP) is 5.73. The van der Waals surface area contributed by atoms with Crippen LogP contribution in [0.3, 0.4) is 0 Å². The minimum Gasteiger partial charge on any atom is -0.443 e. The highest BCUT2D eigenvalue weighted by molar-refractivity contribution is 7.89. The van der Waals surface area contributed by atoms with Crippen LogP contribution in [0.4, 0.5) is 4.79 Å². The van der Waals surface area contributed by atoms with Crippen molar-refractivity contribution in [2.24, 2.45) is 15.9 Å². The lowest BCUT2D eigenvalue weighted by atomic mass is 10.0. The molecule has 4 rings (SSSR count). The number of rotatable bonds is 9. The Balaban J connectivity index is 1.49. The van der Waals surface area contributed by atoms with E-state index in [1.54, 1.807) is 48.5 Å². The number of benzene rings is 3. The van der Waals surface area contributed by atoms with Crippen LogP contribution >= 0.6 is 34.8 Å². The summed E-state index contributed by atoms with van der Waals surface area (Å²) >= 11 is 16.8. The maximum absolute atomic E-state index is 13.6. The number of nitrogens with two attached hydrogens (primary N) is 2. The van der Waals surface area contributed by atoms with Crippen molar-refractivity contribution in [3.63, 3.8) is 0 Å². The molecule has 228 valence electrons. The zero-order valence-electron chi connectivity index (χ0n) is 23.1. The molecule has 0 bridgehead atoms. The van der Waals surface area contributed by atoms with Gasteiger partial charge in [0.1, 0.15) is 12.4 Å². The number of amidine groups is 1. The van der Waals surface area contributed by atoms with Gasteiger partial charge in [-0.1, -0.05) is 108 Å². The highest BCUT2D eigenvalue weighted by Gasteiger charge is 2.27. The molecule has 0 spiro atoms. The van der Waals surface area contributed by atoms with Crippen LogP contribution in [0, 0.1) is 0 Å². The zero-order valence-corrected chi connectivity index (χ0v) is 26.2. The van der Waals surface area contributed by atoms with Gasteiger partial charge in [-0.2, -0.15) is 4.99 Å². The Morgan fingerprint density at radius 2 is 1.63 bits per heavy atom. The first-order valence-electron chi connectivity index (χ1n) is 13.5. The van der Waals surface area contributed by atoms with Crippen LogP contribution in [0.15, 0.2) is 82.7 Å². The first kappa shape index (κ1) is 32.8. The molecule has 1 fully saturated rings. The normalized spacial score (nSPS) is 14.5. The summed E-state index contributed by atoms with van der Waals surface area (Å²) in [5, 5.41) is 5.40. The van der Waals surface area contributed by atoms with Crippen molar-refractivity contribution in [2.45, 2.75) is 53.4 Å². The van der Waals surface area contributed by atoms with Crippen molar-refractivity contribution in [3.8, 4) is 11.1 Å². The molecule has 0 aliphatic heterocycles. The summed E-state index contributed by atoms with van der Waals surface area (Å²) in [5.74, 6) is -0.106. The standard InChI is InChI=1S/C30H31Cl3N4O5S/c31-30(32,33)19-42-29(39)36-28(34)23-7-5-6-21(16-23)18-37(24-8-1-2-9-24)27(38)17-20-12-14-22(15-13-20)25-10-3-4-11-26(25)43(35,40)41/h3-7,10-16,24H,1-2,8-9,17-19H2,(H2,34,36,39)(H2,35,40,41). The third-order valence-electron chi connectivity index (χ3n) is 7.05. The number of carbonyl (C=O) groups is 2. The van der Waals surface area contributed by atoms with Crippen molar-refractivity contribution >= 4 is 62.7 Å². The Morgan fingerprint density at radius 3 is 2.28 bits per heavy atom. The maximum atomic E-state index is 13.6. The second kappa shape index (κ2) is 14.1. The van der Waals surface area contributed by atoms with Gasteiger partial charge in [0.25, 0.3) is 0 Å². The molecule has 43 heavy (non-hydrogen) atoms. The Kier molecular flexibility index (Phi) is 10.7. The predicted molar refractivity (Wildman–Crippen MR) is 169 cm³/mol. The minimum absolute atomic E-state index is 0.0353. The van der Waals surface area contributed by atoms with Crippen molar-refractivity contribution in [1.29, 1.82) is 0 Å². The SMILES string of the molecule is NC(=NC(=O)OCC(Cl)(Cl)Cl)c1cccc(CN(C(=O)Cc2ccc(-c3ccccc3S(N)(=O)=O)cc2)C2CCCC2)c1. The fourth-order valence-electron chi connectivity index (χ4n) is 5.03. The Hall–Kier alpha value is -3.15. The van der Waals surface area contributed by atoms with Crippen molar-refractivity contribution in [1.82, 2.24) is 4.90 Å². The molecule has 0 heterocycles. The van der Waals surface area contributed by atoms with E-state index in [0.717, 1.165) is 36.8 Å². The highest BCUT2D eigenvalue weighted by atomic mass is 35.6. The van der Waals surface area contributed by atoms with Crippen LogP contribution in [-0.2, 0) is 32.5 Å². The number of aliphatic imine (C=N–C) groups is 1. The Morgan fingerprint density at radius 1 is 0.953 bits per heavy atom. The number of carbonyl (C=O) groups excluding carboxylic acids is 2. The van der Waals surface area contributed by atoms with Gasteiger partial charge in [0.2, 0.25) is 19.7 Å². The van der Waals surface area contributed by atoms with E-state index in [1.165, 1.54) is 6.07 Å². The first-order chi connectivity index (χ1) is 20.3. The quantitative estimate of drug-likeness (QED) is 0.170. The molecule has 0 saturated heterocycles. The molecule has 13 heteroatoms. The molecule has 4 N–H and O–H groups in total. The summed E-state index contributed by atoms with van der Waals surface area (Å²) in [6.45, 7) is -0.125. The van der Waals surface area contributed by atoms with Crippen LogP contribution in [0.2, 0.25) is 0 Å². The highest BCUT2D eigenvalue weighted by Crippen LogP contribution is 2.29. The average molecular weight is 666 g/mol. The number of sulfonamides is 1. The van der Waals surface area contributed by atoms with Crippen molar-refractivity contribution in [3.05, 3.63) is 89.5 Å². The third kappa shape index (κ3) is 9.42. The molecular formula is C30H31Cl3N4O5S. The second-order valence-corrected chi connectivity index (χ2v) is 14.3. The van der Waals surface area contributed by atoms with E-state index in [1.807, 2.05) is 23.1 Å². The number of halogens is 3. The topological polar surface area (TPSA) is 145 Å². The van der Waals surface area contributed by atoms with Crippen LogP contribution in [0.5, 0.6) is 0 Å². The molecule has 1 aliphatic carbocycles. The lowest BCUT2D eigenvalue weighted by molar-refractivity contribution is -0.133. The van der Waals surface area contributed by atoms with E-state index in [0.29, 0.717) is 23.2 Å². The summed E-state index contributed by atoms with van der Waals surface area (Å²) in [6, 6.07) is 21.0. The monoisotopic (exact) mass is 664 g/mol. The van der Waals surface area contributed by atoms with Gasteiger partial charge < -0.3 is 15.4 Å². The minimum atomic E-state index is -3.90. The molecule has 9 nitrogen and oxygen atoms in total. The fourth-order valence-corrected chi connectivity index (χ4v) is 5.96. The number of primary sulfonamides is 1. The molecule has 1 aliphatic rings. The second-order valence-electron chi connectivity index (χ2n) is 10.2.